The number of rotatable bonds is 6. The molecule has 0 aromatic carbocycles. The Morgan fingerprint density at radius 2 is 2.62 bits per heavy atom. The molecule has 0 aliphatic heterocycles. The van der Waals surface area contributed by atoms with Crippen LogP contribution in [0, 0.1) is 0 Å². The number of anilines is 1. The third kappa shape index (κ3) is 4.59. The summed E-state index contributed by atoms with van der Waals surface area (Å²) in [6.45, 7) is 7.71. The van der Waals surface area contributed by atoms with Crippen molar-refractivity contribution in [3.8, 4) is 0 Å². The third-order valence-corrected chi connectivity index (χ3v) is 1.88. The Balaban J connectivity index is 1.99. The van der Waals surface area contributed by atoms with Crippen LogP contribution in [0.5, 0.6) is 0 Å². The van der Waals surface area contributed by atoms with E-state index in [-0.39, 0.29) is 0 Å². The maximum Gasteiger partial charge on any atom is 0.205 e. The first-order valence-electron chi connectivity index (χ1n) is 4.01. The SMILES string of the molecule is C=C(C)COCCNc1nncs1. The Hall–Kier alpha value is -0.940. The molecule has 72 valence electrons. The summed E-state index contributed by atoms with van der Waals surface area (Å²) in [6, 6.07) is 0. The molecule has 1 rings (SSSR count). The van der Waals surface area contributed by atoms with E-state index in [0.717, 1.165) is 17.2 Å². The van der Waals surface area contributed by atoms with Crippen molar-refractivity contribution >= 4 is 16.5 Å². The summed E-state index contributed by atoms with van der Waals surface area (Å²) in [5, 5.41) is 11.5. The Labute approximate surface area is 81.6 Å². The maximum atomic E-state index is 5.29. The largest absolute Gasteiger partial charge is 0.375 e. The summed E-state index contributed by atoms with van der Waals surface area (Å²) < 4.78 is 5.29. The van der Waals surface area contributed by atoms with E-state index in [1.807, 2.05) is 6.92 Å². The van der Waals surface area contributed by atoms with Crippen molar-refractivity contribution in [2.24, 2.45) is 0 Å². The van der Waals surface area contributed by atoms with Crippen LogP contribution in [0.15, 0.2) is 17.7 Å². The van der Waals surface area contributed by atoms with Gasteiger partial charge >= 0.3 is 0 Å². The van der Waals surface area contributed by atoms with E-state index < -0.39 is 0 Å². The van der Waals surface area contributed by atoms with Gasteiger partial charge in [0.25, 0.3) is 0 Å². The molecule has 0 atom stereocenters. The van der Waals surface area contributed by atoms with Crippen LogP contribution in [0.1, 0.15) is 6.92 Å². The minimum absolute atomic E-state index is 0.623. The predicted octanol–water partition coefficient (Wildman–Crippen LogP) is 1.54. The number of hydrogen-bond donors (Lipinski definition) is 1. The number of nitrogens with one attached hydrogen (secondary N) is 1. The van der Waals surface area contributed by atoms with E-state index in [1.165, 1.54) is 11.3 Å². The first-order valence-corrected chi connectivity index (χ1v) is 4.89. The van der Waals surface area contributed by atoms with E-state index >= 15 is 0 Å². The van der Waals surface area contributed by atoms with Gasteiger partial charge < -0.3 is 10.1 Å². The summed E-state index contributed by atoms with van der Waals surface area (Å²) in [5.74, 6) is 0. The number of aromatic nitrogens is 2. The number of nitrogens with zero attached hydrogens (tertiary/aromatic N) is 2. The molecular weight excluding hydrogens is 186 g/mol. The highest BCUT2D eigenvalue weighted by Crippen LogP contribution is 2.06. The molecule has 4 nitrogen and oxygen atoms in total. The molecule has 0 saturated heterocycles. The van der Waals surface area contributed by atoms with E-state index in [0.29, 0.717) is 13.2 Å². The van der Waals surface area contributed by atoms with Gasteiger partial charge in [0.1, 0.15) is 5.51 Å². The van der Waals surface area contributed by atoms with Gasteiger partial charge in [-0.25, -0.2) is 0 Å². The van der Waals surface area contributed by atoms with Crippen molar-refractivity contribution in [1.82, 2.24) is 10.2 Å². The zero-order valence-electron chi connectivity index (χ0n) is 7.62. The first kappa shape index (κ1) is 10.1. The van der Waals surface area contributed by atoms with Crippen LogP contribution < -0.4 is 5.32 Å². The minimum Gasteiger partial charge on any atom is -0.375 e. The molecule has 1 heterocycles. The Bertz CT molecular complexity index is 248. The lowest BCUT2D eigenvalue weighted by molar-refractivity contribution is 0.167. The van der Waals surface area contributed by atoms with Gasteiger partial charge in [-0.3, -0.25) is 0 Å². The van der Waals surface area contributed by atoms with Crippen LogP contribution in [0.4, 0.5) is 5.13 Å². The lowest BCUT2D eigenvalue weighted by atomic mass is 10.4. The van der Waals surface area contributed by atoms with Crippen molar-refractivity contribution in [3.63, 3.8) is 0 Å². The minimum atomic E-state index is 0.623. The number of ether oxygens (including phenoxy) is 1. The van der Waals surface area contributed by atoms with Gasteiger partial charge in [0.15, 0.2) is 0 Å². The summed E-state index contributed by atoms with van der Waals surface area (Å²) in [5.41, 5.74) is 2.73. The van der Waals surface area contributed by atoms with Crippen LogP contribution >= 0.6 is 11.3 Å². The van der Waals surface area contributed by atoms with Crippen molar-refractivity contribution < 1.29 is 4.74 Å². The van der Waals surface area contributed by atoms with Gasteiger partial charge in [-0.05, 0) is 6.92 Å². The fourth-order valence-electron chi connectivity index (χ4n) is 0.727. The fraction of sp³-hybridized carbons (Fsp3) is 0.500. The van der Waals surface area contributed by atoms with Crippen LogP contribution in [-0.4, -0.2) is 30.0 Å². The lowest BCUT2D eigenvalue weighted by Crippen LogP contribution is -2.10. The normalized spacial score (nSPS) is 9.92. The molecule has 1 aromatic rings. The van der Waals surface area contributed by atoms with Crippen molar-refractivity contribution in [3.05, 3.63) is 17.7 Å². The second kappa shape index (κ2) is 5.66. The van der Waals surface area contributed by atoms with Gasteiger partial charge in [-0.2, -0.15) is 0 Å². The second-order valence-electron chi connectivity index (χ2n) is 2.68. The molecule has 0 amide bonds. The van der Waals surface area contributed by atoms with E-state index in [9.17, 15) is 0 Å². The summed E-state index contributed by atoms with van der Waals surface area (Å²) in [4.78, 5) is 0. The van der Waals surface area contributed by atoms with Crippen molar-refractivity contribution in [1.29, 1.82) is 0 Å². The standard InChI is InChI=1S/C8H13N3OS/c1-7(2)5-12-4-3-9-8-11-10-6-13-8/h6H,1,3-5H2,2H3,(H,9,11). The van der Waals surface area contributed by atoms with Crippen LogP contribution in [0.3, 0.4) is 0 Å². The summed E-state index contributed by atoms with van der Waals surface area (Å²) >= 11 is 1.48. The first-order chi connectivity index (χ1) is 6.29. The summed E-state index contributed by atoms with van der Waals surface area (Å²) in [7, 11) is 0. The Morgan fingerprint density at radius 3 is 3.23 bits per heavy atom. The Kier molecular flexibility index (Phi) is 4.42. The topological polar surface area (TPSA) is 47.0 Å². The van der Waals surface area contributed by atoms with Gasteiger partial charge in [-0.1, -0.05) is 23.5 Å². The maximum absolute atomic E-state index is 5.29. The molecule has 0 spiro atoms. The molecule has 0 bridgehead atoms. The van der Waals surface area contributed by atoms with Crippen LogP contribution in [0.25, 0.3) is 0 Å². The van der Waals surface area contributed by atoms with Crippen LogP contribution in [-0.2, 0) is 4.74 Å². The summed E-state index contributed by atoms with van der Waals surface area (Å²) in [6.07, 6.45) is 0. The predicted molar refractivity (Wildman–Crippen MR) is 54.0 cm³/mol. The molecule has 0 radical (unpaired) electrons. The fourth-order valence-corrected chi connectivity index (χ4v) is 1.20. The number of hydrogen-bond acceptors (Lipinski definition) is 5. The van der Waals surface area contributed by atoms with Crippen LogP contribution in [0.2, 0.25) is 0 Å². The van der Waals surface area contributed by atoms with Gasteiger partial charge in [0, 0.05) is 6.54 Å². The van der Waals surface area contributed by atoms with Gasteiger partial charge in [0.05, 0.1) is 13.2 Å². The highest BCUT2D eigenvalue weighted by atomic mass is 32.1. The lowest BCUT2D eigenvalue weighted by Gasteiger charge is -2.03. The zero-order valence-corrected chi connectivity index (χ0v) is 8.43. The average Bonchev–Trinajstić information content (AvgIpc) is 2.55. The molecular formula is C8H13N3OS. The zero-order chi connectivity index (χ0) is 9.52. The smallest absolute Gasteiger partial charge is 0.205 e. The highest BCUT2D eigenvalue weighted by molar-refractivity contribution is 7.13. The molecule has 0 saturated carbocycles. The molecule has 0 fully saturated rings. The average molecular weight is 199 g/mol. The molecule has 1 N–H and O–H groups in total. The van der Waals surface area contributed by atoms with Crippen molar-refractivity contribution in [2.75, 3.05) is 25.1 Å². The van der Waals surface area contributed by atoms with Gasteiger partial charge in [0.2, 0.25) is 5.13 Å². The van der Waals surface area contributed by atoms with Crippen molar-refractivity contribution in [2.45, 2.75) is 6.92 Å². The molecule has 0 unspecified atom stereocenters. The third-order valence-electron chi connectivity index (χ3n) is 1.23. The molecule has 13 heavy (non-hydrogen) atoms. The van der Waals surface area contributed by atoms with E-state index in [4.69, 9.17) is 4.74 Å². The molecule has 1 aromatic heterocycles. The Morgan fingerprint density at radius 1 is 1.77 bits per heavy atom. The second-order valence-corrected chi connectivity index (χ2v) is 3.51. The van der Waals surface area contributed by atoms with E-state index in [2.05, 4.69) is 22.1 Å². The molecule has 0 aliphatic rings. The van der Waals surface area contributed by atoms with E-state index in [1.54, 1.807) is 5.51 Å². The molecule has 0 aliphatic carbocycles. The quantitative estimate of drug-likeness (QED) is 0.557. The van der Waals surface area contributed by atoms with Gasteiger partial charge in [-0.15, -0.1) is 10.2 Å². The monoisotopic (exact) mass is 199 g/mol. The molecule has 5 heteroatoms. The highest BCUT2D eigenvalue weighted by Gasteiger charge is 1.93.